The van der Waals surface area contributed by atoms with Gasteiger partial charge in [-0.3, -0.25) is 0 Å². The van der Waals surface area contributed by atoms with Gasteiger partial charge < -0.3 is 15.6 Å². The third-order valence-corrected chi connectivity index (χ3v) is 4.69. The van der Waals surface area contributed by atoms with Crippen LogP contribution in [0.5, 0.6) is 11.5 Å². The first-order valence-corrected chi connectivity index (χ1v) is 8.65. The van der Waals surface area contributed by atoms with Gasteiger partial charge in [0.25, 0.3) is 0 Å². The van der Waals surface area contributed by atoms with E-state index in [0.717, 1.165) is 15.4 Å². The van der Waals surface area contributed by atoms with Crippen molar-refractivity contribution in [2.24, 2.45) is 0 Å². The average molecular weight is 355 g/mol. The van der Waals surface area contributed by atoms with Gasteiger partial charge in [0.1, 0.15) is 17.3 Å². The molecule has 0 heterocycles. The molecule has 0 unspecified atom stereocenters. The van der Waals surface area contributed by atoms with Crippen molar-refractivity contribution in [3.05, 3.63) is 78.1 Å². The van der Waals surface area contributed by atoms with Crippen molar-refractivity contribution >= 4 is 17.4 Å². The zero-order valence-electron chi connectivity index (χ0n) is 13.5. The topological polar surface area (TPSA) is 55.5 Å². The molecule has 0 saturated heterocycles. The Balaban J connectivity index is 1.58. The Morgan fingerprint density at radius 2 is 1.80 bits per heavy atom. The van der Waals surface area contributed by atoms with Crippen LogP contribution in [0.4, 0.5) is 10.1 Å². The number of aromatic hydroxyl groups is 1. The van der Waals surface area contributed by atoms with Gasteiger partial charge in [-0.25, -0.2) is 4.39 Å². The van der Waals surface area contributed by atoms with Crippen LogP contribution < -0.4 is 10.5 Å². The largest absolute Gasteiger partial charge is 0.508 e. The fourth-order valence-corrected chi connectivity index (χ4v) is 3.17. The van der Waals surface area contributed by atoms with E-state index in [-0.39, 0.29) is 11.6 Å². The van der Waals surface area contributed by atoms with Gasteiger partial charge in [-0.15, -0.1) is 0 Å². The highest BCUT2D eigenvalue weighted by Crippen LogP contribution is 2.34. The molecule has 0 saturated carbocycles. The second-order valence-corrected chi connectivity index (χ2v) is 6.64. The van der Waals surface area contributed by atoms with Gasteiger partial charge in [-0.1, -0.05) is 23.9 Å². The Bertz CT molecular complexity index is 853. The van der Waals surface area contributed by atoms with Crippen molar-refractivity contribution < 1.29 is 14.2 Å². The van der Waals surface area contributed by atoms with E-state index in [0.29, 0.717) is 24.5 Å². The van der Waals surface area contributed by atoms with Crippen LogP contribution in [-0.4, -0.2) is 11.7 Å². The second-order valence-electron chi connectivity index (χ2n) is 5.52. The van der Waals surface area contributed by atoms with Gasteiger partial charge in [0.15, 0.2) is 0 Å². The number of ether oxygens (including phenoxy) is 1. The van der Waals surface area contributed by atoms with Gasteiger partial charge in [-0.2, -0.15) is 0 Å². The van der Waals surface area contributed by atoms with Crippen molar-refractivity contribution in [2.45, 2.75) is 16.2 Å². The van der Waals surface area contributed by atoms with Crippen molar-refractivity contribution in [1.29, 1.82) is 0 Å². The summed E-state index contributed by atoms with van der Waals surface area (Å²) in [5.74, 6) is 0.681. The minimum absolute atomic E-state index is 0.236. The number of rotatable bonds is 6. The lowest BCUT2D eigenvalue weighted by Crippen LogP contribution is -2.02. The van der Waals surface area contributed by atoms with E-state index in [2.05, 4.69) is 0 Å². The van der Waals surface area contributed by atoms with Crippen molar-refractivity contribution in [3.63, 3.8) is 0 Å². The van der Waals surface area contributed by atoms with Crippen molar-refractivity contribution in [1.82, 2.24) is 0 Å². The number of nitrogen functional groups attached to an aromatic ring is 1. The molecule has 0 radical (unpaired) electrons. The first-order valence-electron chi connectivity index (χ1n) is 7.84. The van der Waals surface area contributed by atoms with E-state index in [4.69, 9.17) is 10.5 Å². The molecular formula is C20H18FNO2S. The van der Waals surface area contributed by atoms with Crippen molar-refractivity contribution in [3.8, 4) is 11.5 Å². The standard InChI is InChI=1S/C20H18FNO2S/c21-15-3-1-2-14(12-15)10-11-24-17-6-9-20(19(22)13-17)25-18-7-4-16(23)5-8-18/h1-9,12-13,23H,10-11,22H2. The van der Waals surface area contributed by atoms with Crippen LogP contribution >= 0.6 is 11.8 Å². The Morgan fingerprint density at radius 1 is 1.00 bits per heavy atom. The number of halogens is 1. The molecule has 0 atom stereocenters. The maximum absolute atomic E-state index is 13.1. The number of benzene rings is 3. The number of nitrogens with two attached hydrogens (primary N) is 1. The molecule has 0 aliphatic heterocycles. The molecule has 3 rings (SSSR count). The highest BCUT2D eigenvalue weighted by Gasteiger charge is 2.05. The Hall–Kier alpha value is -2.66. The minimum Gasteiger partial charge on any atom is -0.508 e. The zero-order chi connectivity index (χ0) is 17.6. The van der Waals surface area contributed by atoms with E-state index in [9.17, 15) is 9.50 Å². The normalized spacial score (nSPS) is 10.6. The molecule has 0 bridgehead atoms. The summed E-state index contributed by atoms with van der Waals surface area (Å²) in [5.41, 5.74) is 7.62. The molecule has 0 amide bonds. The molecule has 25 heavy (non-hydrogen) atoms. The summed E-state index contributed by atoms with van der Waals surface area (Å²) < 4.78 is 18.8. The highest BCUT2D eigenvalue weighted by molar-refractivity contribution is 7.99. The first-order chi connectivity index (χ1) is 12.1. The average Bonchev–Trinajstić information content (AvgIpc) is 2.59. The highest BCUT2D eigenvalue weighted by atomic mass is 32.2. The summed E-state index contributed by atoms with van der Waals surface area (Å²) in [6.07, 6.45) is 0.627. The van der Waals surface area contributed by atoms with Crippen LogP contribution in [0, 0.1) is 5.82 Å². The lowest BCUT2D eigenvalue weighted by molar-refractivity contribution is 0.322. The van der Waals surface area contributed by atoms with Crippen LogP contribution in [0.2, 0.25) is 0 Å². The number of phenolic OH excluding ortho intramolecular Hbond substituents is 1. The molecule has 0 aliphatic carbocycles. The fraction of sp³-hybridized carbons (Fsp3) is 0.100. The first kappa shape index (κ1) is 17.2. The predicted octanol–water partition coefficient (Wildman–Crippen LogP) is 4.89. The minimum atomic E-state index is -0.239. The number of phenols is 1. The molecule has 0 fully saturated rings. The van der Waals surface area contributed by atoms with Crippen LogP contribution in [-0.2, 0) is 6.42 Å². The van der Waals surface area contributed by atoms with Gasteiger partial charge >= 0.3 is 0 Å². The third kappa shape index (κ3) is 4.90. The van der Waals surface area contributed by atoms with E-state index in [1.54, 1.807) is 24.3 Å². The molecule has 3 aromatic rings. The van der Waals surface area contributed by atoms with E-state index in [1.807, 2.05) is 30.3 Å². The van der Waals surface area contributed by atoms with Gasteiger partial charge in [0.05, 0.1) is 6.61 Å². The molecule has 0 spiro atoms. The molecule has 128 valence electrons. The summed E-state index contributed by atoms with van der Waals surface area (Å²) >= 11 is 1.52. The lowest BCUT2D eigenvalue weighted by Gasteiger charge is -2.10. The van der Waals surface area contributed by atoms with Gasteiger partial charge in [0.2, 0.25) is 0 Å². The fourth-order valence-electron chi connectivity index (χ4n) is 2.33. The van der Waals surface area contributed by atoms with Crippen LogP contribution in [0.3, 0.4) is 0 Å². The lowest BCUT2D eigenvalue weighted by atomic mass is 10.1. The van der Waals surface area contributed by atoms with Gasteiger partial charge in [-0.05, 0) is 54.1 Å². The predicted molar refractivity (Wildman–Crippen MR) is 98.7 cm³/mol. The Morgan fingerprint density at radius 3 is 2.52 bits per heavy atom. The maximum Gasteiger partial charge on any atom is 0.123 e. The van der Waals surface area contributed by atoms with Gasteiger partial charge in [0, 0.05) is 28.0 Å². The van der Waals surface area contributed by atoms with E-state index < -0.39 is 0 Å². The van der Waals surface area contributed by atoms with Crippen LogP contribution in [0.25, 0.3) is 0 Å². The molecular weight excluding hydrogens is 337 g/mol. The zero-order valence-corrected chi connectivity index (χ0v) is 14.3. The molecule has 5 heteroatoms. The monoisotopic (exact) mass is 355 g/mol. The molecule has 3 nitrogen and oxygen atoms in total. The Labute approximate surface area is 150 Å². The summed E-state index contributed by atoms with van der Waals surface area (Å²) in [4.78, 5) is 1.91. The Kier molecular flexibility index (Phi) is 5.46. The van der Waals surface area contributed by atoms with Crippen LogP contribution in [0.15, 0.2) is 76.5 Å². The number of hydrogen-bond acceptors (Lipinski definition) is 4. The molecule has 0 aromatic heterocycles. The molecule has 0 aliphatic rings. The third-order valence-electron chi connectivity index (χ3n) is 3.59. The van der Waals surface area contributed by atoms with Crippen LogP contribution in [0.1, 0.15) is 5.56 Å². The molecule has 3 N–H and O–H groups in total. The SMILES string of the molecule is Nc1cc(OCCc2cccc(F)c2)ccc1Sc1ccc(O)cc1. The van der Waals surface area contributed by atoms with E-state index >= 15 is 0 Å². The summed E-state index contributed by atoms with van der Waals surface area (Å²) in [7, 11) is 0. The molecule has 3 aromatic carbocycles. The summed E-state index contributed by atoms with van der Waals surface area (Å²) in [6.45, 7) is 0.452. The van der Waals surface area contributed by atoms with Crippen molar-refractivity contribution in [2.75, 3.05) is 12.3 Å². The number of anilines is 1. The summed E-state index contributed by atoms with van der Waals surface area (Å²) in [5, 5.41) is 9.32. The summed E-state index contributed by atoms with van der Waals surface area (Å²) in [6, 6.07) is 19.0. The maximum atomic E-state index is 13.1. The second kappa shape index (κ2) is 7.94. The number of hydrogen-bond donors (Lipinski definition) is 2. The van der Waals surface area contributed by atoms with E-state index in [1.165, 1.54) is 23.9 Å². The smallest absolute Gasteiger partial charge is 0.123 e. The quantitative estimate of drug-likeness (QED) is 0.618.